The molecule has 0 saturated carbocycles. The van der Waals surface area contributed by atoms with E-state index in [1.54, 1.807) is 13.8 Å². The van der Waals surface area contributed by atoms with Gasteiger partial charge < -0.3 is 20.7 Å². The normalized spacial score (nSPS) is 52.6. The lowest BCUT2D eigenvalue weighted by Crippen LogP contribution is -2.59. The molecule has 1 aliphatic rings. The Morgan fingerprint density at radius 2 is 1.45 bits per heavy atom. The molecule has 0 amide bonds. The summed E-state index contributed by atoms with van der Waals surface area (Å²) < 4.78 is 5.20. The SMILES string of the molecule is CC1O[C@@H](C)C(O)C(N)[C@H]1O. The van der Waals surface area contributed by atoms with Gasteiger partial charge in [-0.2, -0.15) is 0 Å². The molecule has 0 radical (unpaired) electrons. The zero-order valence-corrected chi connectivity index (χ0v) is 6.77. The molecule has 1 saturated heterocycles. The van der Waals surface area contributed by atoms with E-state index in [9.17, 15) is 10.2 Å². The average Bonchev–Trinajstić information content (AvgIpc) is 1.97. The van der Waals surface area contributed by atoms with E-state index in [-0.39, 0.29) is 12.2 Å². The largest absolute Gasteiger partial charge is 0.389 e. The van der Waals surface area contributed by atoms with Crippen molar-refractivity contribution in [2.45, 2.75) is 44.3 Å². The predicted octanol–water partition coefficient (Wildman–Crippen LogP) is -1.16. The monoisotopic (exact) mass is 161 g/mol. The zero-order valence-electron chi connectivity index (χ0n) is 6.77. The first kappa shape index (κ1) is 8.93. The molecule has 4 nitrogen and oxygen atoms in total. The van der Waals surface area contributed by atoms with Crippen molar-refractivity contribution in [2.24, 2.45) is 5.73 Å². The highest BCUT2D eigenvalue weighted by molar-refractivity contribution is 4.91. The lowest BCUT2D eigenvalue weighted by Gasteiger charge is -2.38. The number of aliphatic hydroxyl groups is 2. The summed E-state index contributed by atoms with van der Waals surface area (Å²) in [6.07, 6.45) is -2.10. The molecule has 66 valence electrons. The van der Waals surface area contributed by atoms with Crippen LogP contribution in [-0.4, -0.2) is 40.7 Å². The highest BCUT2D eigenvalue weighted by Gasteiger charge is 2.38. The summed E-state index contributed by atoms with van der Waals surface area (Å²) in [5.74, 6) is 0. The van der Waals surface area contributed by atoms with Gasteiger partial charge in [0.1, 0.15) is 0 Å². The lowest BCUT2D eigenvalue weighted by molar-refractivity contribution is -0.165. The highest BCUT2D eigenvalue weighted by atomic mass is 16.5. The van der Waals surface area contributed by atoms with Crippen molar-refractivity contribution in [2.75, 3.05) is 0 Å². The van der Waals surface area contributed by atoms with Crippen LogP contribution in [0.3, 0.4) is 0 Å². The molecular weight excluding hydrogens is 146 g/mol. The topological polar surface area (TPSA) is 75.7 Å². The van der Waals surface area contributed by atoms with E-state index >= 15 is 0 Å². The van der Waals surface area contributed by atoms with Gasteiger partial charge in [-0.15, -0.1) is 0 Å². The van der Waals surface area contributed by atoms with Crippen LogP contribution in [0.5, 0.6) is 0 Å². The number of aliphatic hydroxyl groups excluding tert-OH is 2. The van der Waals surface area contributed by atoms with Crippen LogP contribution < -0.4 is 5.73 Å². The number of hydrogen-bond donors (Lipinski definition) is 3. The Bertz CT molecular complexity index is 128. The fourth-order valence-corrected chi connectivity index (χ4v) is 1.33. The van der Waals surface area contributed by atoms with E-state index in [1.807, 2.05) is 0 Å². The molecule has 0 bridgehead atoms. The van der Waals surface area contributed by atoms with Gasteiger partial charge in [0.15, 0.2) is 0 Å². The summed E-state index contributed by atoms with van der Waals surface area (Å²) in [6, 6.07) is -0.589. The van der Waals surface area contributed by atoms with Crippen LogP contribution >= 0.6 is 0 Å². The minimum atomic E-state index is -0.763. The van der Waals surface area contributed by atoms with Gasteiger partial charge in [0.2, 0.25) is 0 Å². The maximum Gasteiger partial charge on any atom is 0.0975 e. The minimum absolute atomic E-state index is 0.289. The molecule has 1 heterocycles. The Balaban J connectivity index is 2.63. The molecule has 1 rings (SSSR count). The van der Waals surface area contributed by atoms with E-state index in [1.165, 1.54) is 0 Å². The summed E-state index contributed by atoms with van der Waals surface area (Å²) in [5, 5.41) is 18.6. The van der Waals surface area contributed by atoms with Gasteiger partial charge in [0.05, 0.1) is 30.5 Å². The maximum absolute atomic E-state index is 9.32. The molecule has 4 heteroatoms. The van der Waals surface area contributed by atoms with Crippen molar-refractivity contribution in [1.82, 2.24) is 0 Å². The zero-order chi connectivity index (χ0) is 8.59. The van der Waals surface area contributed by atoms with Crippen LogP contribution in [-0.2, 0) is 4.74 Å². The molecule has 4 N–H and O–H groups in total. The average molecular weight is 161 g/mol. The van der Waals surface area contributed by atoms with E-state index in [2.05, 4.69) is 0 Å². The molecule has 0 spiro atoms. The summed E-state index contributed by atoms with van der Waals surface area (Å²) in [7, 11) is 0. The van der Waals surface area contributed by atoms with Crippen LogP contribution in [0.4, 0.5) is 0 Å². The van der Waals surface area contributed by atoms with Gasteiger partial charge in [0, 0.05) is 0 Å². The quantitative estimate of drug-likeness (QED) is 0.419. The van der Waals surface area contributed by atoms with Crippen LogP contribution in [0.1, 0.15) is 13.8 Å². The van der Waals surface area contributed by atoms with Crippen molar-refractivity contribution >= 4 is 0 Å². The second kappa shape index (κ2) is 3.06. The van der Waals surface area contributed by atoms with Crippen molar-refractivity contribution < 1.29 is 14.9 Å². The van der Waals surface area contributed by atoms with Gasteiger partial charge in [-0.3, -0.25) is 0 Å². The van der Waals surface area contributed by atoms with Crippen LogP contribution in [0.25, 0.3) is 0 Å². The maximum atomic E-state index is 9.32. The molecule has 0 aromatic rings. The van der Waals surface area contributed by atoms with Gasteiger partial charge in [-0.05, 0) is 13.8 Å². The Hall–Kier alpha value is -0.160. The standard InChI is InChI=1S/C7H15NO3/c1-3-6(9)5(8)7(10)4(2)11-3/h3-7,9-10H,8H2,1-2H3/t3-,4?,5?,6?,7-/m0/s1. The first-order valence-corrected chi connectivity index (χ1v) is 3.81. The number of nitrogens with two attached hydrogens (primary N) is 1. The third kappa shape index (κ3) is 1.54. The van der Waals surface area contributed by atoms with Crippen molar-refractivity contribution in [1.29, 1.82) is 0 Å². The predicted molar refractivity (Wildman–Crippen MR) is 40.0 cm³/mol. The fourth-order valence-electron chi connectivity index (χ4n) is 1.33. The van der Waals surface area contributed by atoms with E-state index in [0.29, 0.717) is 0 Å². The third-order valence-electron chi connectivity index (χ3n) is 2.18. The van der Waals surface area contributed by atoms with Crippen molar-refractivity contribution in [3.8, 4) is 0 Å². The summed E-state index contributed by atoms with van der Waals surface area (Å²) in [5.41, 5.74) is 5.52. The molecule has 0 aromatic heterocycles. The Morgan fingerprint density at radius 1 is 1.09 bits per heavy atom. The fraction of sp³-hybridized carbons (Fsp3) is 1.00. The molecule has 1 aliphatic heterocycles. The second-order valence-electron chi connectivity index (χ2n) is 3.10. The first-order valence-electron chi connectivity index (χ1n) is 3.81. The molecule has 11 heavy (non-hydrogen) atoms. The lowest BCUT2D eigenvalue weighted by atomic mass is 9.95. The van der Waals surface area contributed by atoms with Crippen LogP contribution in [0, 0.1) is 0 Å². The number of hydrogen-bond acceptors (Lipinski definition) is 4. The van der Waals surface area contributed by atoms with Gasteiger partial charge in [-0.1, -0.05) is 0 Å². The second-order valence-corrected chi connectivity index (χ2v) is 3.10. The first-order chi connectivity index (χ1) is 5.04. The van der Waals surface area contributed by atoms with Crippen LogP contribution in [0.2, 0.25) is 0 Å². The molecular formula is C7H15NO3. The molecule has 1 fully saturated rings. The third-order valence-corrected chi connectivity index (χ3v) is 2.18. The summed E-state index contributed by atoms with van der Waals surface area (Å²) in [4.78, 5) is 0. The molecule has 0 aliphatic carbocycles. The van der Waals surface area contributed by atoms with Gasteiger partial charge in [-0.25, -0.2) is 0 Å². The molecule has 5 atom stereocenters. The number of ether oxygens (including phenoxy) is 1. The number of rotatable bonds is 0. The Kier molecular flexibility index (Phi) is 2.49. The van der Waals surface area contributed by atoms with E-state index in [4.69, 9.17) is 10.5 Å². The summed E-state index contributed by atoms with van der Waals surface area (Å²) >= 11 is 0. The van der Waals surface area contributed by atoms with Gasteiger partial charge >= 0.3 is 0 Å². The summed E-state index contributed by atoms with van der Waals surface area (Å²) in [6.45, 7) is 3.49. The Morgan fingerprint density at radius 3 is 1.82 bits per heavy atom. The van der Waals surface area contributed by atoms with Crippen molar-refractivity contribution in [3.63, 3.8) is 0 Å². The molecule has 3 unspecified atom stereocenters. The Labute approximate surface area is 66.0 Å². The van der Waals surface area contributed by atoms with E-state index in [0.717, 1.165) is 0 Å². The molecule has 0 aromatic carbocycles. The highest BCUT2D eigenvalue weighted by Crippen LogP contribution is 2.18. The smallest absolute Gasteiger partial charge is 0.0975 e. The van der Waals surface area contributed by atoms with Crippen molar-refractivity contribution in [3.05, 3.63) is 0 Å². The van der Waals surface area contributed by atoms with Crippen LogP contribution in [0.15, 0.2) is 0 Å². The van der Waals surface area contributed by atoms with Gasteiger partial charge in [0.25, 0.3) is 0 Å². The minimum Gasteiger partial charge on any atom is -0.389 e. The van der Waals surface area contributed by atoms with E-state index < -0.39 is 18.2 Å².